The van der Waals surface area contributed by atoms with Crippen LogP contribution in [0.2, 0.25) is 0 Å². The van der Waals surface area contributed by atoms with Crippen molar-refractivity contribution in [2.75, 3.05) is 13.7 Å². The van der Waals surface area contributed by atoms with Gasteiger partial charge < -0.3 is 4.84 Å². The summed E-state index contributed by atoms with van der Waals surface area (Å²) in [6.45, 7) is 2.06. The molecular weight excluding hydrogens is 334 g/mol. The van der Waals surface area contributed by atoms with E-state index < -0.39 is 11.8 Å². The van der Waals surface area contributed by atoms with Gasteiger partial charge in [0.05, 0.1) is 23.4 Å². The fourth-order valence-electron chi connectivity index (χ4n) is 2.70. The Labute approximate surface area is 151 Å². The largest absolute Gasteiger partial charge is 0.399 e. The highest BCUT2D eigenvalue weighted by atomic mass is 16.7. The van der Waals surface area contributed by atoms with Crippen molar-refractivity contribution in [1.82, 2.24) is 10.0 Å². The number of hydrogen-bond acceptors (Lipinski definition) is 6. The zero-order valence-corrected chi connectivity index (χ0v) is 14.6. The number of imide groups is 1. The lowest BCUT2D eigenvalue weighted by Crippen LogP contribution is -2.30. The van der Waals surface area contributed by atoms with Crippen molar-refractivity contribution >= 4 is 17.5 Å². The molecule has 1 aliphatic heterocycles. The highest BCUT2D eigenvalue weighted by molar-refractivity contribution is 6.20. The molecule has 0 radical (unpaired) electrons. The molecule has 0 bridgehead atoms. The molecule has 0 atom stereocenters. The van der Waals surface area contributed by atoms with E-state index in [4.69, 9.17) is 9.68 Å². The highest BCUT2D eigenvalue weighted by Gasteiger charge is 2.36. The zero-order valence-electron chi connectivity index (χ0n) is 14.6. The molecule has 2 heterocycles. The quantitative estimate of drug-likeness (QED) is 0.331. The maximum Gasteiger partial charge on any atom is 0.285 e. The number of hydrogen-bond donors (Lipinski definition) is 0. The molecule has 26 heavy (non-hydrogen) atoms. The Balaban J connectivity index is 1.54. The lowest BCUT2D eigenvalue weighted by atomic mass is 10.1. The standard InChI is InChI=1S/C19H19N3O4/c1-13(21-25-2)17-11-5-7-14(20-17)8-6-12-26-22-18(23)15-9-3-4-10-16(15)19(22)24/h3-5,7,9-11H,6,8,12H2,1-2H3/b21-13-. The van der Waals surface area contributed by atoms with Crippen LogP contribution in [0.1, 0.15) is 45.4 Å². The summed E-state index contributed by atoms with van der Waals surface area (Å²) in [6.07, 6.45) is 1.27. The predicted octanol–water partition coefficient (Wildman–Crippen LogP) is 2.61. The second kappa shape index (κ2) is 7.88. The van der Waals surface area contributed by atoms with Gasteiger partial charge in [0.15, 0.2) is 0 Å². The lowest BCUT2D eigenvalue weighted by Gasteiger charge is -2.13. The first-order chi connectivity index (χ1) is 12.6. The zero-order chi connectivity index (χ0) is 18.5. The number of pyridine rings is 1. The molecule has 1 aromatic carbocycles. The fourth-order valence-corrected chi connectivity index (χ4v) is 2.70. The van der Waals surface area contributed by atoms with Crippen molar-refractivity contribution < 1.29 is 19.3 Å². The number of oxime groups is 1. The van der Waals surface area contributed by atoms with Crippen molar-refractivity contribution in [2.45, 2.75) is 19.8 Å². The summed E-state index contributed by atoms with van der Waals surface area (Å²) in [6, 6.07) is 12.4. The van der Waals surface area contributed by atoms with Crippen LogP contribution in [0.4, 0.5) is 0 Å². The maximum absolute atomic E-state index is 12.2. The number of aryl methyl sites for hydroxylation is 1. The highest BCUT2D eigenvalue weighted by Crippen LogP contribution is 2.22. The molecule has 0 saturated heterocycles. The third kappa shape index (κ3) is 3.62. The molecule has 2 amide bonds. The third-order valence-corrected chi connectivity index (χ3v) is 3.96. The predicted molar refractivity (Wildman–Crippen MR) is 94.7 cm³/mol. The van der Waals surface area contributed by atoms with Crippen LogP contribution in [-0.4, -0.2) is 41.3 Å². The topological polar surface area (TPSA) is 81.1 Å². The first kappa shape index (κ1) is 17.8. The fraction of sp³-hybridized carbons (Fsp3) is 0.263. The van der Waals surface area contributed by atoms with Gasteiger partial charge in [0.2, 0.25) is 0 Å². The van der Waals surface area contributed by atoms with Gasteiger partial charge in [-0.25, -0.2) is 0 Å². The van der Waals surface area contributed by atoms with Gasteiger partial charge in [-0.3, -0.25) is 19.4 Å². The Bertz CT molecular complexity index is 828. The van der Waals surface area contributed by atoms with Crippen LogP contribution in [0.15, 0.2) is 47.6 Å². The summed E-state index contributed by atoms with van der Waals surface area (Å²) in [5.41, 5.74) is 3.06. The number of carbonyl (C=O) groups is 2. The first-order valence-electron chi connectivity index (χ1n) is 8.26. The molecule has 3 rings (SSSR count). The summed E-state index contributed by atoms with van der Waals surface area (Å²) >= 11 is 0. The van der Waals surface area contributed by atoms with E-state index >= 15 is 0 Å². The molecule has 0 saturated carbocycles. The van der Waals surface area contributed by atoms with Crippen LogP contribution in [0.5, 0.6) is 0 Å². The summed E-state index contributed by atoms with van der Waals surface area (Å²) in [5, 5.41) is 4.71. The minimum absolute atomic E-state index is 0.239. The van der Waals surface area contributed by atoms with E-state index in [9.17, 15) is 9.59 Å². The minimum Gasteiger partial charge on any atom is -0.399 e. The number of rotatable bonds is 7. The molecule has 7 nitrogen and oxygen atoms in total. The van der Waals surface area contributed by atoms with E-state index in [2.05, 4.69) is 10.1 Å². The molecular formula is C19H19N3O4. The number of hydroxylamine groups is 2. The maximum atomic E-state index is 12.2. The number of fused-ring (bicyclic) bond motifs is 1. The minimum atomic E-state index is -0.419. The van der Waals surface area contributed by atoms with E-state index in [-0.39, 0.29) is 6.61 Å². The average Bonchev–Trinajstić information content (AvgIpc) is 2.90. The Morgan fingerprint density at radius 3 is 2.42 bits per heavy atom. The summed E-state index contributed by atoms with van der Waals surface area (Å²) in [4.78, 5) is 39.1. The van der Waals surface area contributed by atoms with E-state index in [0.717, 1.165) is 16.5 Å². The van der Waals surface area contributed by atoms with Crippen LogP contribution in [0.25, 0.3) is 0 Å². The van der Waals surface area contributed by atoms with Gasteiger partial charge in [-0.2, -0.15) is 0 Å². The molecule has 0 aliphatic carbocycles. The van der Waals surface area contributed by atoms with E-state index in [1.54, 1.807) is 24.3 Å². The van der Waals surface area contributed by atoms with Gasteiger partial charge in [0.25, 0.3) is 11.8 Å². The van der Waals surface area contributed by atoms with Gasteiger partial charge in [0.1, 0.15) is 12.8 Å². The number of benzene rings is 1. The van der Waals surface area contributed by atoms with E-state index in [0.29, 0.717) is 29.7 Å². The molecule has 0 unspecified atom stereocenters. The van der Waals surface area contributed by atoms with Crippen molar-refractivity contribution in [3.63, 3.8) is 0 Å². The summed E-state index contributed by atoms with van der Waals surface area (Å²) in [7, 11) is 1.49. The van der Waals surface area contributed by atoms with Crippen LogP contribution in [-0.2, 0) is 16.1 Å². The van der Waals surface area contributed by atoms with Crippen molar-refractivity contribution in [3.05, 3.63) is 65.0 Å². The molecule has 0 fully saturated rings. The van der Waals surface area contributed by atoms with Gasteiger partial charge in [-0.15, -0.1) is 5.06 Å². The van der Waals surface area contributed by atoms with E-state index in [1.807, 2.05) is 25.1 Å². The SMILES string of the molecule is CO/N=C(/C)c1cccc(CCCON2C(=O)c3ccccc3C2=O)n1. The Kier molecular flexibility index (Phi) is 5.38. The van der Waals surface area contributed by atoms with Crippen LogP contribution < -0.4 is 0 Å². The number of aromatic nitrogens is 1. The monoisotopic (exact) mass is 353 g/mol. The lowest BCUT2D eigenvalue weighted by molar-refractivity contribution is -0.0918. The molecule has 0 N–H and O–H groups in total. The first-order valence-corrected chi connectivity index (χ1v) is 8.26. The third-order valence-electron chi connectivity index (χ3n) is 3.96. The van der Waals surface area contributed by atoms with Gasteiger partial charge in [-0.1, -0.05) is 23.4 Å². The van der Waals surface area contributed by atoms with Crippen LogP contribution in [0, 0.1) is 0 Å². The number of amides is 2. The normalized spacial score (nSPS) is 13.9. The molecule has 1 aliphatic rings. The number of carbonyl (C=O) groups excluding carboxylic acids is 2. The van der Waals surface area contributed by atoms with Crippen molar-refractivity contribution in [3.8, 4) is 0 Å². The second-order valence-corrected chi connectivity index (χ2v) is 5.76. The Morgan fingerprint density at radius 1 is 1.08 bits per heavy atom. The summed E-state index contributed by atoms with van der Waals surface area (Å²) in [5.74, 6) is -0.839. The summed E-state index contributed by atoms with van der Waals surface area (Å²) < 4.78 is 0. The van der Waals surface area contributed by atoms with Gasteiger partial charge >= 0.3 is 0 Å². The van der Waals surface area contributed by atoms with Crippen LogP contribution in [0.3, 0.4) is 0 Å². The Morgan fingerprint density at radius 2 is 1.77 bits per heavy atom. The van der Waals surface area contributed by atoms with E-state index in [1.165, 1.54) is 7.11 Å². The number of nitrogens with zero attached hydrogens (tertiary/aromatic N) is 3. The van der Waals surface area contributed by atoms with Gasteiger partial charge in [0, 0.05) is 5.69 Å². The Hall–Kier alpha value is -3.06. The smallest absolute Gasteiger partial charge is 0.285 e. The molecule has 0 spiro atoms. The average molecular weight is 353 g/mol. The molecule has 7 heteroatoms. The molecule has 134 valence electrons. The van der Waals surface area contributed by atoms with Crippen molar-refractivity contribution in [1.29, 1.82) is 0 Å². The van der Waals surface area contributed by atoms with Crippen LogP contribution >= 0.6 is 0 Å². The van der Waals surface area contributed by atoms with Gasteiger partial charge in [-0.05, 0) is 44.0 Å². The molecule has 1 aromatic heterocycles. The molecule has 2 aromatic rings. The second-order valence-electron chi connectivity index (χ2n) is 5.76. The van der Waals surface area contributed by atoms with Crippen molar-refractivity contribution in [2.24, 2.45) is 5.16 Å².